The number of hydrogen-bond acceptors (Lipinski definition) is 3. The van der Waals surface area contributed by atoms with Crippen molar-refractivity contribution in [2.75, 3.05) is 32.8 Å². The van der Waals surface area contributed by atoms with Crippen LogP contribution in [0.4, 0.5) is 9.18 Å². The van der Waals surface area contributed by atoms with E-state index in [-0.39, 0.29) is 17.9 Å². The molecule has 1 fully saturated rings. The Morgan fingerprint density at radius 1 is 1.33 bits per heavy atom. The van der Waals surface area contributed by atoms with Gasteiger partial charge in [0.2, 0.25) is 0 Å². The minimum absolute atomic E-state index is 0.112. The largest absolute Gasteiger partial charge is 0.382 e. The van der Waals surface area contributed by atoms with Gasteiger partial charge in [-0.15, -0.1) is 0 Å². The van der Waals surface area contributed by atoms with Gasteiger partial charge in [-0.05, 0) is 32.3 Å². The third-order valence-electron chi connectivity index (χ3n) is 4.23. The monoisotopic (exact) mass is 337 g/mol. The van der Waals surface area contributed by atoms with E-state index in [9.17, 15) is 9.18 Å². The van der Waals surface area contributed by atoms with Gasteiger partial charge in [0.15, 0.2) is 0 Å². The Morgan fingerprint density at radius 2 is 2.08 bits per heavy atom. The van der Waals surface area contributed by atoms with Gasteiger partial charge in [0, 0.05) is 51.0 Å². The Morgan fingerprint density at radius 3 is 2.79 bits per heavy atom. The first kappa shape index (κ1) is 18.7. The number of ether oxygens (including phenoxy) is 1. The molecule has 2 amide bonds. The van der Waals surface area contributed by atoms with Crippen LogP contribution in [0.1, 0.15) is 31.7 Å². The van der Waals surface area contributed by atoms with E-state index in [0.29, 0.717) is 26.3 Å². The van der Waals surface area contributed by atoms with Crippen LogP contribution in [-0.4, -0.2) is 49.8 Å². The second kappa shape index (κ2) is 10.3. The smallest absolute Gasteiger partial charge is 0.315 e. The maximum atomic E-state index is 13.7. The van der Waals surface area contributed by atoms with Gasteiger partial charge >= 0.3 is 6.03 Å². The summed E-state index contributed by atoms with van der Waals surface area (Å²) in [5.74, 6) is -0.149. The van der Waals surface area contributed by atoms with Gasteiger partial charge in [0.05, 0.1) is 0 Å². The van der Waals surface area contributed by atoms with Gasteiger partial charge in [-0.2, -0.15) is 0 Å². The zero-order valence-electron chi connectivity index (χ0n) is 14.4. The van der Waals surface area contributed by atoms with Crippen molar-refractivity contribution in [2.24, 2.45) is 0 Å². The van der Waals surface area contributed by atoms with E-state index >= 15 is 0 Å². The fraction of sp³-hybridized carbons (Fsp3) is 0.611. The number of rotatable bonds is 8. The molecule has 0 saturated carbocycles. The minimum atomic E-state index is -0.149. The molecular formula is C18H28FN3O2. The highest BCUT2D eigenvalue weighted by atomic mass is 19.1. The molecule has 0 unspecified atom stereocenters. The zero-order chi connectivity index (χ0) is 17.2. The maximum Gasteiger partial charge on any atom is 0.315 e. The first-order chi connectivity index (χ1) is 11.7. The Bertz CT molecular complexity index is 505. The Kier molecular flexibility index (Phi) is 7.98. The van der Waals surface area contributed by atoms with E-state index in [2.05, 4.69) is 15.5 Å². The molecule has 0 atom stereocenters. The molecule has 24 heavy (non-hydrogen) atoms. The average molecular weight is 337 g/mol. The van der Waals surface area contributed by atoms with Gasteiger partial charge < -0.3 is 15.4 Å². The van der Waals surface area contributed by atoms with Gasteiger partial charge in [-0.25, -0.2) is 9.18 Å². The van der Waals surface area contributed by atoms with Crippen LogP contribution in [0.15, 0.2) is 24.3 Å². The Labute approximate surface area is 143 Å². The molecule has 0 radical (unpaired) electrons. The third kappa shape index (κ3) is 6.45. The summed E-state index contributed by atoms with van der Waals surface area (Å²) >= 11 is 0. The van der Waals surface area contributed by atoms with Crippen LogP contribution in [0.3, 0.4) is 0 Å². The van der Waals surface area contributed by atoms with Crippen molar-refractivity contribution in [2.45, 2.75) is 38.8 Å². The molecule has 134 valence electrons. The van der Waals surface area contributed by atoms with Gasteiger partial charge in [0.1, 0.15) is 5.82 Å². The van der Waals surface area contributed by atoms with E-state index in [4.69, 9.17) is 4.74 Å². The molecule has 1 aliphatic heterocycles. The number of likely N-dealkylation sites (tertiary alicyclic amines) is 1. The maximum absolute atomic E-state index is 13.7. The van der Waals surface area contributed by atoms with Crippen LogP contribution in [0.25, 0.3) is 0 Å². The minimum Gasteiger partial charge on any atom is -0.382 e. The lowest BCUT2D eigenvalue weighted by Crippen LogP contribution is -2.47. The van der Waals surface area contributed by atoms with Crippen LogP contribution in [-0.2, 0) is 11.3 Å². The first-order valence-corrected chi connectivity index (χ1v) is 8.77. The molecule has 1 heterocycles. The standard InChI is InChI=1S/C18H28FN3O2/c1-2-24-13-5-10-20-18(23)21-16-8-11-22(12-9-16)14-15-6-3-4-7-17(15)19/h3-4,6-7,16H,2,5,8-14H2,1H3,(H2,20,21,23). The molecule has 0 aliphatic carbocycles. The average Bonchev–Trinajstić information content (AvgIpc) is 2.58. The highest BCUT2D eigenvalue weighted by molar-refractivity contribution is 5.74. The van der Waals surface area contributed by atoms with Crippen molar-refractivity contribution in [1.82, 2.24) is 15.5 Å². The van der Waals surface area contributed by atoms with Crippen molar-refractivity contribution >= 4 is 6.03 Å². The number of amides is 2. The molecule has 6 heteroatoms. The molecule has 0 aromatic heterocycles. The molecule has 5 nitrogen and oxygen atoms in total. The van der Waals surface area contributed by atoms with Crippen LogP contribution in [0, 0.1) is 5.82 Å². The van der Waals surface area contributed by atoms with Crippen molar-refractivity contribution in [3.8, 4) is 0 Å². The summed E-state index contributed by atoms with van der Waals surface area (Å²) < 4.78 is 18.9. The Balaban J connectivity index is 1.62. The summed E-state index contributed by atoms with van der Waals surface area (Å²) in [5, 5.41) is 5.87. The highest BCUT2D eigenvalue weighted by Gasteiger charge is 2.21. The number of carbonyl (C=O) groups excluding carboxylic acids is 1. The number of nitrogens with zero attached hydrogens (tertiary/aromatic N) is 1. The molecule has 1 aliphatic rings. The number of urea groups is 1. The quantitative estimate of drug-likeness (QED) is 0.717. The lowest BCUT2D eigenvalue weighted by molar-refractivity contribution is 0.144. The van der Waals surface area contributed by atoms with Crippen molar-refractivity contribution in [3.63, 3.8) is 0 Å². The normalized spacial score (nSPS) is 16.1. The molecule has 0 spiro atoms. The predicted octanol–water partition coefficient (Wildman–Crippen LogP) is 2.52. The summed E-state index contributed by atoms with van der Waals surface area (Å²) in [5.41, 5.74) is 0.732. The van der Waals surface area contributed by atoms with E-state index in [0.717, 1.165) is 37.9 Å². The number of hydrogen-bond donors (Lipinski definition) is 2. The van der Waals surface area contributed by atoms with Crippen LogP contribution < -0.4 is 10.6 Å². The molecule has 1 aromatic rings. The zero-order valence-corrected chi connectivity index (χ0v) is 14.4. The fourth-order valence-electron chi connectivity index (χ4n) is 2.86. The number of carbonyl (C=O) groups is 1. The third-order valence-corrected chi connectivity index (χ3v) is 4.23. The van der Waals surface area contributed by atoms with E-state index in [1.54, 1.807) is 6.07 Å². The second-order valence-corrected chi connectivity index (χ2v) is 6.09. The van der Waals surface area contributed by atoms with E-state index < -0.39 is 0 Å². The number of benzene rings is 1. The number of halogens is 1. The SMILES string of the molecule is CCOCCCNC(=O)NC1CCN(Cc2ccccc2F)CC1. The second-order valence-electron chi connectivity index (χ2n) is 6.09. The van der Waals surface area contributed by atoms with E-state index in [1.807, 2.05) is 19.1 Å². The predicted molar refractivity (Wildman–Crippen MR) is 92.3 cm³/mol. The Hall–Kier alpha value is -1.66. The lowest BCUT2D eigenvalue weighted by Gasteiger charge is -2.32. The van der Waals surface area contributed by atoms with Crippen molar-refractivity contribution < 1.29 is 13.9 Å². The number of piperidine rings is 1. The van der Waals surface area contributed by atoms with E-state index in [1.165, 1.54) is 6.07 Å². The summed E-state index contributed by atoms with van der Waals surface area (Å²) in [6.45, 7) is 6.32. The molecule has 2 rings (SSSR count). The molecule has 0 bridgehead atoms. The molecular weight excluding hydrogens is 309 g/mol. The van der Waals surface area contributed by atoms with Gasteiger partial charge in [0.25, 0.3) is 0 Å². The number of nitrogens with one attached hydrogen (secondary N) is 2. The summed E-state index contributed by atoms with van der Waals surface area (Å²) in [4.78, 5) is 14.1. The van der Waals surface area contributed by atoms with Gasteiger partial charge in [-0.3, -0.25) is 4.90 Å². The summed E-state index contributed by atoms with van der Waals surface area (Å²) in [7, 11) is 0. The lowest BCUT2D eigenvalue weighted by atomic mass is 10.0. The highest BCUT2D eigenvalue weighted by Crippen LogP contribution is 2.15. The summed E-state index contributed by atoms with van der Waals surface area (Å²) in [6, 6.07) is 6.98. The van der Waals surface area contributed by atoms with Crippen LogP contribution in [0.5, 0.6) is 0 Å². The first-order valence-electron chi connectivity index (χ1n) is 8.77. The topological polar surface area (TPSA) is 53.6 Å². The molecule has 1 saturated heterocycles. The van der Waals surface area contributed by atoms with Crippen molar-refractivity contribution in [3.05, 3.63) is 35.6 Å². The molecule has 1 aromatic carbocycles. The molecule has 2 N–H and O–H groups in total. The van der Waals surface area contributed by atoms with Crippen molar-refractivity contribution in [1.29, 1.82) is 0 Å². The van der Waals surface area contributed by atoms with Crippen LogP contribution >= 0.6 is 0 Å². The van der Waals surface area contributed by atoms with Crippen LogP contribution in [0.2, 0.25) is 0 Å². The fourth-order valence-corrected chi connectivity index (χ4v) is 2.86. The van der Waals surface area contributed by atoms with Gasteiger partial charge in [-0.1, -0.05) is 18.2 Å². The summed E-state index contributed by atoms with van der Waals surface area (Å²) in [6.07, 6.45) is 2.60.